The Hall–Kier alpha value is -0.150. The van der Waals surface area contributed by atoms with E-state index in [1.54, 1.807) is 0 Å². The number of aliphatic hydroxyl groups is 1. The standard InChI is InChI=1S/C8H16FNO/c1-7(2,3)10-4-8(9,5-10)6-11/h11H,4-6H2,1-3H3. The summed E-state index contributed by atoms with van der Waals surface area (Å²) in [6.45, 7) is 6.53. The molecule has 0 unspecified atom stereocenters. The Morgan fingerprint density at radius 3 is 2.18 bits per heavy atom. The largest absolute Gasteiger partial charge is 0.393 e. The molecule has 0 aromatic rings. The summed E-state index contributed by atoms with van der Waals surface area (Å²) in [6, 6.07) is 0. The predicted octanol–water partition coefficient (Wildman–Crippen LogP) is 0.801. The Kier molecular flexibility index (Phi) is 1.97. The molecule has 1 saturated heterocycles. The van der Waals surface area contributed by atoms with Gasteiger partial charge in [0.2, 0.25) is 0 Å². The van der Waals surface area contributed by atoms with Gasteiger partial charge in [-0.3, -0.25) is 4.90 Å². The molecule has 11 heavy (non-hydrogen) atoms. The second kappa shape index (κ2) is 2.42. The van der Waals surface area contributed by atoms with Crippen molar-refractivity contribution >= 4 is 0 Å². The zero-order valence-corrected chi connectivity index (χ0v) is 7.39. The van der Waals surface area contributed by atoms with Crippen LogP contribution in [0.2, 0.25) is 0 Å². The molecule has 0 aromatic carbocycles. The molecular formula is C8H16FNO. The third kappa shape index (κ3) is 1.71. The summed E-state index contributed by atoms with van der Waals surface area (Å²) in [5.74, 6) is 0. The molecule has 1 aliphatic rings. The van der Waals surface area contributed by atoms with Gasteiger partial charge < -0.3 is 5.11 Å². The first kappa shape index (κ1) is 8.94. The Labute approximate surface area is 67.0 Å². The van der Waals surface area contributed by atoms with Crippen molar-refractivity contribution in [3.8, 4) is 0 Å². The Balaban J connectivity index is 2.40. The minimum Gasteiger partial charge on any atom is -0.393 e. The highest BCUT2D eigenvalue weighted by Gasteiger charge is 2.46. The quantitative estimate of drug-likeness (QED) is 0.615. The Morgan fingerprint density at radius 1 is 1.45 bits per heavy atom. The van der Waals surface area contributed by atoms with E-state index in [0.717, 1.165) is 0 Å². The topological polar surface area (TPSA) is 23.5 Å². The van der Waals surface area contributed by atoms with Crippen LogP contribution in [0.4, 0.5) is 4.39 Å². The highest BCUT2D eigenvalue weighted by Crippen LogP contribution is 2.30. The lowest BCUT2D eigenvalue weighted by molar-refractivity contribution is -0.104. The molecule has 0 radical (unpaired) electrons. The third-order valence-electron chi connectivity index (χ3n) is 2.18. The van der Waals surface area contributed by atoms with Gasteiger partial charge in [0.05, 0.1) is 6.61 Å². The number of aliphatic hydroxyl groups excluding tert-OH is 1. The van der Waals surface area contributed by atoms with Crippen molar-refractivity contribution in [2.75, 3.05) is 19.7 Å². The molecule has 66 valence electrons. The van der Waals surface area contributed by atoms with E-state index in [0.29, 0.717) is 13.1 Å². The van der Waals surface area contributed by atoms with E-state index in [4.69, 9.17) is 5.11 Å². The summed E-state index contributed by atoms with van der Waals surface area (Å²) in [6.07, 6.45) is 0. The number of halogens is 1. The fourth-order valence-corrected chi connectivity index (χ4v) is 1.21. The second-order valence-corrected chi connectivity index (χ2v) is 4.34. The number of alkyl halides is 1. The number of hydrogen-bond donors (Lipinski definition) is 1. The summed E-state index contributed by atoms with van der Waals surface area (Å²) in [5.41, 5.74) is -1.29. The summed E-state index contributed by atoms with van der Waals surface area (Å²) in [7, 11) is 0. The van der Waals surface area contributed by atoms with Crippen LogP contribution in [0.25, 0.3) is 0 Å². The van der Waals surface area contributed by atoms with E-state index in [1.165, 1.54) is 0 Å². The molecule has 0 bridgehead atoms. The minimum atomic E-state index is -1.33. The molecule has 0 saturated carbocycles. The zero-order valence-electron chi connectivity index (χ0n) is 7.39. The molecule has 0 atom stereocenters. The highest BCUT2D eigenvalue weighted by atomic mass is 19.1. The fraction of sp³-hybridized carbons (Fsp3) is 1.00. The maximum Gasteiger partial charge on any atom is 0.159 e. The summed E-state index contributed by atoms with van der Waals surface area (Å²) in [4.78, 5) is 2.02. The van der Waals surface area contributed by atoms with Crippen molar-refractivity contribution in [2.24, 2.45) is 0 Å². The first-order valence-electron chi connectivity index (χ1n) is 3.92. The van der Waals surface area contributed by atoms with E-state index in [-0.39, 0.29) is 12.1 Å². The van der Waals surface area contributed by atoms with E-state index in [2.05, 4.69) is 0 Å². The number of likely N-dealkylation sites (tertiary alicyclic amines) is 1. The first-order chi connectivity index (χ1) is 4.87. The predicted molar refractivity (Wildman–Crippen MR) is 42.3 cm³/mol. The SMILES string of the molecule is CC(C)(C)N1CC(F)(CO)C1. The lowest BCUT2D eigenvalue weighted by Crippen LogP contribution is -2.66. The first-order valence-corrected chi connectivity index (χ1v) is 3.92. The summed E-state index contributed by atoms with van der Waals surface area (Å²) in [5, 5.41) is 8.63. The highest BCUT2D eigenvalue weighted by molar-refractivity contribution is 5.00. The lowest BCUT2D eigenvalue weighted by Gasteiger charge is -2.50. The molecule has 1 aliphatic heterocycles. The van der Waals surface area contributed by atoms with E-state index in [1.807, 2.05) is 25.7 Å². The molecule has 1 N–H and O–H groups in total. The van der Waals surface area contributed by atoms with Gasteiger partial charge in [0.1, 0.15) is 0 Å². The normalized spacial score (nSPS) is 24.8. The van der Waals surface area contributed by atoms with Gasteiger partial charge in [0.25, 0.3) is 0 Å². The molecule has 0 aromatic heterocycles. The van der Waals surface area contributed by atoms with Gasteiger partial charge in [0, 0.05) is 18.6 Å². The van der Waals surface area contributed by atoms with E-state index in [9.17, 15) is 4.39 Å². The van der Waals surface area contributed by atoms with E-state index >= 15 is 0 Å². The van der Waals surface area contributed by atoms with Gasteiger partial charge in [-0.2, -0.15) is 0 Å². The van der Waals surface area contributed by atoms with Gasteiger partial charge in [-0.1, -0.05) is 0 Å². The van der Waals surface area contributed by atoms with Crippen LogP contribution in [0, 0.1) is 0 Å². The molecule has 0 amide bonds. The third-order valence-corrected chi connectivity index (χ3v) is 2.18. The van der Waals surface area contributed by atoms with Crippen LogP contribution in [0.3, 0.4) is 0 Å². The van der Waals surface area contributed by atoms with Crippen LogP contribution in [-0.2, 0) is 0 Å². The monoisotopic (exact) mass is 161 g/mol. The average Bonchev–Trinajstić information content (AvgIpc) is 1.78. The van der Waals surface area contributed by atoms with Gasteiger partial charge in [-0.05, 0) is 20.8 Å². The summed E-state index contributed by atoms with van der Waals surface area (Å²) < 4.78 is 13.1. The van der Waals surface area contributed by atoms with Gasteiger partial charge in [-0.15, -0.1) is 0 Å². The van der Waals surface area contributed by atoms with E-state index < -0.39 is 5.67 Å². The van der Waals surface area contributed by atoms with Crippen LogP contribution in [0.1, 0.15) is 20.8 Å². The Morgan fingerprint density at radius 2 is 1.91 bits per heavy atom. The Bertz CT molecular complexity index is 147. The molecule has 1 heterocycles. The van der Waals surface area contributed by atoms with Crippen molar-refractivity contribution in [1.82, 2.24) is 4.90 Å². The van der Waals surface area contributed by atoms with Crippen LogP contribution < -0.4 is 0 Å². The molecule has 0 spiro atoms. The maximum absolute atomic E-state index is 13.1. The van der Waals surface area contributed by atoms with Crippen molar-refractivity contribution in [3.63, 3.8) is 0 Å². The van der Waals surface area contributed by atoms with Crippen molar-refractivity contribution < 1.29 is 9.50 Å². The summed E-state index contributed by atoms with van der Waals surface area (Å²) >= 11 is 0. The second-order valence-electron chi connectivity index (χ2n) is 4.34. The fourth-order valence-electron chi connectivity index (χ4n) is 1.21. The molecule has 1 rings (SSSR count). The van der Waals surface area contributed by atoms with Crippen molar-refractivity contribution in [1.29, 1.82) is 0 Å². The molecular weight excluding hydrogens is 145 g/mol. The molecule has 1 fully saturated rings. The number of nitrogens with zero attached hydrogens (tertiary/aromatic N) is 1. The smallest absolute Gasteiger partial charge is 0.159 e. The van der Waals surface area contributed by atoms with Crippen LogP contribution >= 0.6 is 0 Å². The average molecular weight is 161 g/mol. The van der Waals surface area contributed by atoms with Crippen molar-refractivity contribution in [2.45, 2.75) is 32.0 Å². The van der Waals surface area contributed by atoms with Crippen molar-refractivity contribution in [3.05, 3.63) is 0 Å². The van der Waals surface area contributed by atoms with Crippen LogP contribution in [-0.4, -0.2) is 40.9 Å². The molecule has 3 heteroatoms. The maximum atomic E-state index is 13.1. The van der Waals surface area contributed by atoms with Gasteiger partial charge >= 0.3 is 0 Å². The zero-order chi connectivity index (χ0) is 8.70. The number of rotatable bonds is 1. The van der Waals surface area contributed by atoms with Gasteiger partial charge in [0.15, 0.2) is 5.67 Å². The lowest BCUT2D eigenvalue weighted by atomic mass is 9.91. The molecule has 2 nitrogen and oxygen atoms in total. The minimum absolute atomic E-state index is 0.0325. The molecule has 0 aliphatic carbocycles. The van der Waals surface area contributed by atoms with Gasteiger partial charge in [-0.25, -0.2) is 4.39 Å². The van der Waals surface area contributed by atoms with Crippen LogP contribution in [0.5, 0.6) is 0 Å². The van der Waals surface area contributed by atoms with Crippen LogP contribution in [0.15, 0.2) is 0 Å². The number of hydrogen-bond acceptors (Lipinski definition) is 2.